The third-order valence-electron chi connectivity index (χ3n) is 10.2. The van der Waals surface area contributed by atoms with Gasteiger partial charge in [-0.2, -0.15) is 8.42 Å². The number of carbonyl (C=O) groups is 2. The molecule has 1 rings (SSSR count). The molecule has 0 radical (unpaired) electrons. The van der Waals surface area contributed by atoms with Crippen LogP contribution in [0.25, 0.3) is 0 Å². The van der Waals surface area contributed by atoms with Crippen molar-refractivity contribution in [3.05, 3.63) is 36.5 Å². The fraction of sp³-hybridized carbons (Fsp3) is 0.822. The third-order valence-corrected chi connectivity index (χ3v) is 10.9. The van der Waals surface area contributed by atoms with Crippen molar-refractivity contribution in [3.63, 3.8) is 0 Å². The van der Waals surface area contributed by atoms with E-state index >= 15 is 0 Å². The Balaban J connectivity index is 2.47. The summed E-state index contributed by atoms with van der Waals surface area (Å²) in [6, 6.07) is 0. The molecule has 58 heavy (non-hydrogen) atoms. The van der Waals surface area contributed by atoms with Crippen LogP contribution in [0.5, 0.6) is 0 Å². The maximum absolute atomic E-state index is 12.8. The summed E-state index contributed by atoms with van der Waals surface area (Å²) in [4.78, 5) is 25.4. The summed E-state index contributed by atoms with van der Waals surface area (Å²) in [5.74, 6) is -2.01. The van der Waals surface area contributed by atoms with Crippen LogP contribution in [0.1, 0.15) is 181 Å². The zero-order valence-electron chi connectivity index (χ0n) is 35.9. The Morgan fingerprint density at radius 1 is 0.586 bits per heavy atom. The highest BCUT2D eigenvalue weighted by Gasteiger charge is 2.46. The molecule has 0 aliphatic carbocycles. The second kappa shape index (κ2) is 35.6. The van der Waals surface area contributed by atoms with Gasteiger partial charge in [0.05, 0.1) is 6.61 Å². The van der Waals surface area contributed by atoms with Gasteiger partial charge < -0.3 is 34.3 Å². The van der Waals surface area contributed by atoms with Crippen LogP contribution in [0.3, 0.4) is 0 Å². The number of hydrogen-bond acceptors (Lipinski definition) is 11. The molecule has 0 aromatic carbocycles. The average Bonchev–Trinajstić information content (AvgIpc) is 3.18. The summed E-state index contributed by atoms with van der Waals surface area (Å²) in [5.41, 5.74) is 0. The van der Waals surface area contributed by atoms with Crippen LogP contribution in [0.2, 0.25) is 0 Å². The van der Waals surface area contributed by atoms with Crippen LogP contribution < -0.4 is 0 Å². The highest BCUT2D eigenvalue weighted by atomic mass is 32.2. The molecular weight excluding hydrogens is 765 g/mol. The zero-order chi connectivity index (χ0) is 42.7. The first-order valence-corrected chi connectivity index (χ1v) is 24.2. The van der Waals surface area contributed by atoms with E-state index in [1.165, 1.54) is 57.8 Å². The molecule has 4 N–H and O–H groups in total. The van der Waals surface area contributed by atoms with Gasteiger partial charge in [0.2, 0.25) is 0 Å². The van der Waals surface area contributed by atoms with E-state index in [-0.39, 0.29) is 19.4 Å². The molecule has 1 heterocycles. The SMILES string of the molecule is CCCCCC/C=C\C/C=C\CCCCCCCC(=O)OC(COC(=O)CCCCCCC/C=C\CCCCCCC)COC1OC(CS(=O)(=O)O)C(O)C(O)C1O. The van der Waals surface area contributed by atoms with E-state index in [2.05, 4.69) is 50.3 Å². The third kappa shape index (κ3) is 30.0. The largest absolute Gasteiger partial charge is 0.462 e. The lowest BCUT2D eigenvalue weighted by atomic mass is 10.00. The molecule has 0 bridgehead atoms. The fourth-order valence-corrected chi connectivity index (χ4v) is 7.33. The fourth-order valence-electron chi connectivity index (χ4n) is 6.64. The van der Waals surface area contributed by atoms with E-state index in [1.54, 1.807) is 0 Å². The predicted octanol–water partition coefficient (Wildman–Crippen LogP) is 9.00. The van der Waals surface area contributed by atoms with E-state index in [4.69, 9.17) is 18.9 Å². The number of allylic oxidation sites excluding steroid dienone is 6. The maximum Gasteiger partial charge on any atom is 0.306 e. The van der Waals surface area contributed by atoms with Crippen LogP contribution in [0.15, 0.2) is 36.5 Å². The summed E-state index contributed by atoms with van der Waals surface area (Å²) < 4.78 is 54.0. The predicted molar refractivity (Wildman–Crippen MR) is 229 cm³/mol. The van der Waals surface area contributed by atoms with Crippen LogP contribution in [-0.4, -0.2) is 96.0 Å². The highest BCUT2D eigenvalue weighted by molar-refractivity contribution is 7.85. The van der Waals surface area contributed by atoms with Crippen LogP contribution in [0, 0.1) is 0 Å². The summed E-state index contributed by atoms with van der Waals surface area (Å²) >= 11 is 0. The molecule has 1 fully saturated rings. The van der Waals surface area contributed by atoms with Gasteiger partial charge in [0.15, 0.2) is 12.4 Å². The molecule has 0 aromatic heterocycles. The second-order valence-electron chi connectivity index (χ2n) is 15.7. The standard InChI is InChI=1S/C45H80O12S/c1-3-5-7-9-11-13-15-17-19-20-22-24-26-28-30-32-34-41(47)56-38(36-55-45-44(50)43(49)42(48)39(57-45)37-58(51,52)53)35-54-40(46)33-31-29-27-25-23-21-18-16-14-12-10-8-6-4-2/h13,15-16,18-20,38-39,42-45,48-50H,3-12,14,17,21-37H2,1-2H3,(H,51,52,53)/b15-13-,18-16-,20-19-. The average molecular weight is 845 g/mol. The minimum absolute atomic E-state index is 0.147. The number of unbranched alkanes of at least 4 members (excludes halogenated alkanes) is 19. The summed E-state index contributed by atoms with van der Waals surface area (Å²) in [7, 11) is -4.60. The van der Waals surface area contributed by atoms with Crippen LogP contribution in [0.4, 0.5) is 0 Å². The lowest BCUT2D eigenvalue weighted by molar-refractivity contribution is -0.297. The number of esters is 2. The molecular formula is C45H80O12S. The lowest BCUT2D eigenvalue weighted by Gasteiger charge is -2.40. The van der Waals surface area contributed by atoms with Gasteiger partial charge >= 0.3 is 11.9 Å². The minimum atomic E-state index is -4.60. The van der Waals surface area contributed by atoms with Gasteiger partial charge in [-0.15, -0.1) is 0 Å². The molecule has 0 aromatic rings. The number of hydrogen-bond donors (Lipinski definition) is 4. The van der Waals surface area contributed by atoms with Gasteiger partial charge in [-0.05, 0) is 70.6 Å². The molecule has 13 heteroatoms. The van der Waals surface area contributed by atoms with E-state index in [0.29, 0.717) is 12.8 Å². The molecule has 6 unspecified atom stereocenters. The number of aliphatic hydroxyl groups is 3. The lowest BCUT2D eigenvalue weighted by Crippen LogP contribution is -2.60. The Labute approximate surface area is 351 Å². The van der Waals surface area contributed by atoms with E-state index in [9.17, 15) is 37.9 Å². The molecule has 0 saturated carbocycles. The van der Waals surface area contributed by atoms with Crippen LogP contribution in [-0.2, 0) is 38.7 Å². The van der Waals surface area contributed by atoms with Crippen molar-refractivity contribution in [1.29, 1.82) is 0 Å². The first-order valence-electron chi connectivity index (χ1n) is 22.5. The molecule has 1 aliphatic heterocycles. The summed E-state index contributed by atoms with van der Waals surface area (Å²) in [6.45, 7) is 3.71. The molecule has 1 aliphatic rings. The molecule has 0 spiro atoms. The second-order valence-corrected chi connectivity index (χ2v) is 17.2. The van der Waals surface area contributed by atoms with Crippen molar-refractivity contribution in [3.8, 4) is 0 Å². The Morgan fingerprint density at radius 2 is 1.03 bits per heavy atom. The van der Waals surface area contributed by atoms with Gasteiger partial charge in [0.1, 0.15) is 36.8 Å². The Kier molecular flexibility index (Phi) is 33.1. The number of carbonyl (C=O) groups excluding carboxylic acids is 2. The first kappa shape index (κ1) is 53.9. The van der Waals surface area contributed by atoms with Gasteiger partial charge in [-0.1, -0.05) is 134 Å². The van der Waals surface area contributed by atoms with Crippen molar-refractivity contribution in [2.75, 3.05) is 19.0 Å². The Hall–Kier alpha value is -2.13. The van der Waals surface area contributed by atoms with Gasteiger partial charge in [0.25, 0.3) is 10.1 Å². The van der Waals surface area contributed by atoms with Crippen LogP contribution >= 0.6 is 0 Å². The maximum atomic E-state index is 12.8. The number of rotatable bonds is 37. The quantitative estimate of drug-likeness (QED) is 0.0202. The van der Waals surface area contributed by atoms with E-state index in [0.717, 1.165) is 83.5 Å². The smallest absolute Gasteiger partial charge is 0.306 e. The van der Waals surface area contributed by atoms with Crippen molar-refractivity contribution >= 4 is 22.1 Å². The molecule has 1 saturated heterocycles. The van der Waals surface area contributed by atoms with Crippen molar-refractivity contribution < 1.29 is 56.8 Å². The van der Waals surface area contributed by atoms with Crippen molar-refractivity contribution in [1.82, 2.24) is 0 Å². The molecule has 6 atom stereocenters. The summed E-state index contributed by atoms with van der Waals surface area (Å²) in [5, 5.41) is 30.9. The van der Waals surface area contributed by atoms with E-state index < -0.39 is 71.2 Å². The first-order chi connectivity index (χ1) is 28.0. The van der Waals surface area contributed by atoms with Crippen molar-refractivity contribution in [2.45, 2.75) is 218 Å². The number of ether oxygens (including phenoxy) is 4. The van der Waals surface area contributed by atoms with Gasteiger partial charge in [0, 0.05) is 12.8 Å². The highest BCUT2D eigenvalue weighted by Crippen LogP contribution is 2.24. The number of aliphatic hydroxyl groups excluding tert-OH is 3. The monoisotopic (exact) mass is 845 g/mol. The molecule has 0 amide bonds. The van der Waals surface area contributed by atoms with E-state index in [1.807, 2.05) is 0 Å². The molecule has 12 nitrogen and oxygen atoms in total. The zero-order valence-corrected chi connectivity index (χ0v) is 36.7. The van der Waals surface area contributed by atoms with Gasteiger partial charge in [-0.25, -0.2) is 0 Å². The van der Waals surface area contributed by atoms with Gasteiger partial charge in [-0.3, -0.25) is 14.1 Å². The minimum Gasteiger partial charge on any atom is -0.462 e. The normalized spacial score (nSPS) is 20.7. The topological polar surface area (TPSA) is 186 Å². The van der Waals surface area contributed by atoms with Crippen molar-refractivity contribution in [2.24, 2.45) is 0 Å². The Bertz CT molecular complexity index is 1220. The Morgan fingerprint density at radius 3 is 1.55 bits per heavy atom. The summed E-state index contributed by atoms with van der Waals surface area (Å²) in [6.07, 6.45) is 30.4. The molecule has 338 valence electrons.